The molecule has 0 bridgehead atoms. The van der Waals surface area contributed by atoms with E-state index in [0.717, 1.165) is 16.9 Å². The van der Waals surface area contributed by atoms with Gasteiger partial charge in [-0.15, -0.1) is 0 Å². The summed E-state index contributed by atoms with van der Waals surface area (Å²) in [6.45, 7) is 5.58. The number of ether oxygens (including phenoxy) is 1. The Morgan fingerprint density at radius 2 is 1.84 bits per heavy atom. The Bertz CT molecular complexity index is 973. The molecular formula is C24H29N3O4. The third-order valence-corrected chi connectivity index (χ3v) is 5.76. The average molecular weight is 424 g/mol. The maximum absolute atomic E-state index is 13.0. The number of anilines is 1. The van der Waals surface area contributed by atoms with Gasteiger partial charge in [-0.05, 0) is 48.6 Å². The van der Waals surface area contributed by atoms with Gasteiger partial charge in [-0.2, -0.15) is 0 Å². The Morgan fingerprint density at radius 3 is 2.48 bits per heavy atom. The van der Waals surface area contributed by atoms with Gasteiger partial charge in [0.15, 0.2) is 0 Å². The number of methoxy groups -OCH3 is 1. The van der Waals surface area contributed by atoms with Crippen LogP contribution in [0.25, 0.3) is 0 Å². The van der Waals surface area contributed by atoms with Crippen LogP contribution >= 0.6 is 0 Å². The minimum Gasteiger partial charge on any atom is -0.496 e. The second-order valence-electron chi connectivity index (χ2n) is 8.12. The first-order valence-electron chi connectivity index (χ1n) is 10.4. The van der Waals surface area contributed by atoms with Crippen molar-refractivity contribution in [3.05, 3.63) is 59.7 Å². The number of hydrogen-bond acceptors (Lipinski definition) is 4. The molecule has 3 rings (SSSR count). The van der Waals surface area contributed by atoms with Crippen LogP contribution in [-0.4, -0.2) is 41.9 Å². The van der Waals surface area contributed by atoms with Gasteiger partial charge in [-0.3, -0.25) is 14.5 Å². The Balaban J connectivity index is 1.66. The fraction of sp³-hybridized carbons (Fsp3) is 0.375. The highest BCUT2D eigenvalue weighted by Crippen LogP contribution is 2.27. The van der Waals surface area contributed by atoms with Crippen molar-refractivity contribution < 1.29 is 19.1 Å². The Hall–Kier alpha value is -3.35. The normalized spacial score (nSPS) is 19.2. The Kier molecular flexibility index (Phi) is 6.63. The molecule has 1 fully saturated rings. The number of nitrogens with one attached hydrogen (secondary N) is 2. The van der Waals surface area contributed by atoms with Crippen LogP contribution in [0, 0.1) is 0 Å². The highest BCUT2D eigenvalue weighted by Gasteiger charge is 2.48. The molecule has 0 aliphatic carbocycles. The first kappa shape index (κ1) is 22.3. The quantitative estimate of drug-likeness (QED) is 0.634. The lowest BCUT2D eigenvalue weighted by molar-refractivity contribution is -0.133. The van der Waals surface area contributed by atoms with E-state index in [9.17, 15) is 14.4 Å². The highest BCUT2D eigenvalue weighted by atomic mass is 16.5. The van der Waals surface area contributed by atoms with E-state index in [-0.39, 0.29) is 13.0 Å². The van der Waals surface area contributed by atoms with Crippen molar-refractivity contribution in [2.45, 2.75) is 45.1 Å². The summed E-state index contributed by atoms with van der Waals surface area (Å²) < 4.78 is 5.35. The maximum Gasteiger partial charge on any atom is 0.325 e. The van der Waals surface area contributed by atoms with Gasteiger partial charge < -0.3 is 15.4 Å². The molecule has 2 N–H and O–H groups in total. The van der Waals surface area contributed by atoms with Gasteiger partial charge in [0.1, 0.15) is 17.8 Å². The summed E-state index contributed by atoms with van der Waals surface area (Å²) in [5.41, 5.74) is 1.47. The zero-order valence-electron chi connectivity index (χ0n) is 18.4. The van der Waals surface area contributed by atoms with Gasteiger partial charge in [0, 0.05) is 12.1 Å². The van der Waals surface area contributed by atoms with Crippen molar-refractivity contribution in [3.63, 3.8) is 0 Å². The summed E-state index contributed by atoms with van der Waals surface area (Å²) >= 11 is 0. The number of benzene rings is 2. The SMILES string of the molecule is CC[C@H](C)c1ccc(NC(=O)CN2C(=O)N[C@@](C)(Cc3ccccc3OC)C2=O)cc1. The van der Waals surface area contributed by atoms with Crippen LogP contribution in [0.5, 0.6) is 5.75 Å². The fourth-order valence-electron chi connectivity index (χ4n) is 3.72. The second-order valence-corrected chi connectivity index (χ2v) is 8.12. The molecule has 0 aromatic heterocycles. The average Bonchev–Trinajstić information content (AvgIpc) is 2.96. The van der Waals surface area contributed by atoms with Crippen LogP contribution in [0.3, 0.4) is 0 Å². The van der Waals surface area contributed by atoms with E-state index in [0.29, 0.717) is 17.4 Å². The molecule has 2 aromatic rings. The van der Waals surface area contributed by atoms with Gasteiger partial charge in [0.05, 0.1) is 7.11 Å². The zero-order valence-corrected chi connectivity index (χ0v) is 18.4. The number of urea groups is 1. The van der Waals surface area contributed by atoms with Gasteiger partial charge in [0.25, 0.3) is 5.91 Å². The number of nitrogens with zero attached hydrogens (tertiary/aromatic N) is 1. The molecule has 7 heteroatoms. The molecule has 1 aliphatic rings. The molecule has 7 nitrogen and oxygen atoms in total. The summed E-state index contributed by atoms with van der Waals surface area (Å²) in [4.78, 5) is 38.9. The first-order chi connectivity index (χ1) is 14.8. The van der Waals surface area contributed by atoms with E-state index in [2.05, 4.69) is 24.5 Å². The van der Waals surface area contributed by atoms with Crippen molar-refractivity contribution in [3.8, 4) is 5.75 Å². The molecule has 2 atom stereocenters. The molecular weight excluding hydrogens is 394 g/mol. The lowest BCUT2D eigenvalue weighted by Gasteiger charge is -2.22. The molecule has 164 valence electrons. The van der Waals surface area contributed by atoms with Crippen molar-refractivity contribution in [1.82, 2.24) is 10.2 Å². The second kappa shape index (κ2) is 9.20. The molecule has 1 aliphatic heterocycles. The van der Waals surface area contributed by atoms with E-state index in [4.69, 9.17) is 4.74 Å². The van der Waals surface area contributed by atoms with Gasteiger partial charge in [-0.25, -0.2) is 4.79 Å². The monoisotopic (exact) mass is 423 g/mol. The Morgan fingerprint density at radius 1 is 1.16 bits per heavy atom. The molecule has 31 heavy (non-hydrogen) atoms. The highest BCUT2D eigenvalue weighted by molar-refractivity contribution is 6.10. The summed E-state index contributed by atoms with van der Waals surface area (Å²) in [7, 11) is 1.56. The lowest BCUT2D eigenvalue weighted by atomic mass is 9.92. The predicted molar refractivity (Wildman–Crippen MR) is 119 cm³/mol. The van der Waals surface area contributed by atoms with Crippen LogP contribution in [0.2, 0.25) is 0 Å². The lowest BCUT2D eigenvalue weighted by Crippen LogP contribution is -2.46. The van der Waals surface area contributed by atoms with E-state index >= 15 is 0 Å². The number of amides is 4. The summed E-state index contributed by atoms with van der Waals surface area (Å²) in [6.07, 6.45) is 1.29. The number of carbonyl (C=O) groups is 3. The van der Waals surface area contributed by atoms with Gasteiger partial charge in [-0.1, -0.05) is 44.2 Å². The van der Waals surface area contributed by atoms with Crippen molar-refractivity contribution in [2.24, 2.45) is 0 Å². The molecule has 2 aromatic carbocycles. The molecule has 1 heterocycles. The fourth-order valence-corrected chi connectivity index (χ4v) is 3.72. The smallest absolute Gasteiger partial charge is 0.325 e. The van der Waals surface area contributed by atoms with Crippen molar-refractivity contribution in [1.29, 1.82) is 0 Å². The van der Waals surface area contributed by atoms with E-state index < -0.39 is 23.4 Å². The minimum absolute atomic E-state index is 0.261. The van der Waals surface area contributed by atoms with Crippen LogP contribution in [0.15, 0.2) is 48.5 Å². The third kappa shape index (κ3) is 4.87. The summed E-state index contributed by atoms with van der Waals surface area (Å²) in [5, 5.41) is 5.48. The molecule has 0 unspecified atom stereocenters. The van der Waals surface area contributed by atoms with Gasteiger partial charge in [0.2, 0.25) is 5.91 Å². The molecule has 0 radical (unpaired) electrons. The van der Waals surface area contributed by atoms with Crippen molar-refractivity contribution >= 4 is 23.5 Å². The number of hydrogen-bond donors (Lipinski definition) is 2. The van der Waals surface area contributed by atoms with E-state index in [1.54, 1.807) is 20.1 Å². The molecule has 4 amide bonds. The first-order valence-corrected chi connectivity index (χ1v) is 10.4. The van der Waals surface area contributed by atoms with Gasteiger partial charge >= 0.3 is 6.03 Å². The third-order valence-electron chi connectivity index (χ3n) is 5.76. The van der Waals surface area contributed by atoms with Crippen LogP contribution < -0.4 is 15.4 Å². The van der Waals surface area contributed by atoms with Crippen molar-refractivity contribution in [2.75, 3.05) is 19.0 Å². The van der Waals surface area contributed by atoms with E-state index in [1.165, 1.54) is 5.56 Å². The number of carbonyl (C=O) groups excluding carboxylic acids is 3. The zero-order chi connectivity index (χ0) is 22.6. The van der Waals surface area contributed by atoms with E-state index in [1.807, 2.05) is 42.5 Å². The largest absolute Gasteiger partial charge is 0.496 e. The molecule has 0 saturated carbocycles. The topological polar surface area (TPSA) is 87.7 Å². The number of imide groups is 1. The minimum atomic E-state index is -1.15. The molecule has 0 spiro atoms. The van der Waals surface area contributed by atoms with Crippen LogP contribution in [0.4, 0.5) is 10.5 Å². The number of rotatable bonds is 8. The van der Waals surface area contributed by atoms with Crippen LogP contribution in [0.1, 0.15) is 44.2 Å². The number of para-hydroxylation sites is 1. The predicted octanol–water partition coefficient (Wildman–Crippen LogP) is 3.70. The standard InChI is InChI=1S/C24H29N3O4/c1-5-16(2)17-10-12-19(13-11-17)25-21(28)15-27-22(29)24(3,26-23(27)30)14-18-8-6-7-9-20(18)31-4/h6-13,16H,5,14-15H2,1-4H3,(H,25,28)(H,26,30)/t16-,24-/m0/s1. The Labute approximate surface area is 182 Å². The molecule has 1 saturated heterocycles. The van der Waals surface area contributed by atoms with Crippen LogP contribution in [-0.2, 0) is 16.0 Å². The maximum atomic E-state index is 13.0. The summed E-state index contributed by atoms with van der Waals surface area (Å²) in [6, 6.07) is 14.4. The summed E-state index contributed by atoms with van der Waals surface area (Å²) in [5.74, 6) is 0.214.